The van der Waals surface area contributed by atoms with Gasteiger partial charge in [-0.05, 0) is 17.7 Å². The lowest BCUT2D eigenvalue weighted by atomic mass is 10.2. The maximum absolute atomic E-state index is 13.2. The van der Waals surface area contributed by atoms with Crippen LogP contribution in [0.4, 0.5) is 13.2 Å². The number of methoxy groups -OCH3 is 1. The van der Waals surface area contributed by atoms with Crippen LogP contribution in [0.1, 0.15) is 21.9 Å². The number of ether oxygens (including phenoxy) is 2. The van der Waals surface area contributed by atoms with Gasteiger partial charge in [0, 0.05) is 0 Å². The molecule has 1 aromatic carbocycles. The second-order valence-corrected chi connectivity index (χ2v) is 5.17. The number of alkyl halides is 3. The summed E-state index contributed by atoms with van der Waals surface area (Å²) in [5.74, 6) is -1.94. The first-order chi connectivity index (χ1) is 11.9. The summed E-state index contributed by atoms with van der Waals surface area (Å²) in [6, 6.07) is 12.0. The van der Waals surface area contributed by atoms with E-state index in [-0.39, 0.29) is 17.9 Å². The van der Waals surface area contributed by atoms with Gasteiger partial charge in [0.15, 0.2) is 5.69 Å². The highest BCUT2D eigenvalue weighted by atomic mass is 19.4. The van der Waals surface area contributed by atoms with Crippen molar-refractivity contribution in [1.29, 1.82) is 0 Å². The molecule has 0 fully saturated rings. The molecule has 0 aliphatic rings. The molecule has 3 rings (SSSR count). The number of imidazole rings is 1. The number of fused-ring (bicyclic) bond motifs is 1. The van der Waals surface area contributed by atoms with Crippen molar-refractivity contribution in [2.24, 2.45) is 0 Å². The number of pyridine rings is 1. The lowest BCUT2D eigenvalue weighted by Gasteiger charge is -2.09. The number of halogens is 3. The zero-order chi connectivity index (χ0) is 18.0. The maximum atomic E-state index is 13.2. The van der Waals surface area contributed by atoms with Gasteiger partial charge >= 0.3 is 12.1 Å². The number of hydrogen-bond donors (Lipinski definition) is 0. The quantitative estimate of drug-likeness (QED) is 0.673. The van der Waals surface area contributed by atoms with E-state index in [0.29, 0.717) is 0 Å². The van der Waals surface area contributed by atoms with Gasteiger partial charge in [-0.3, -0.25) is 4.40 Å². The number of benzene rings is 1. The lowest BCUT2D eigenvalue weighted by Crippen LogP contribution is -2.11. The van der Waals surface area contributed by atoms with Gasteiger partial charge in [-0.15, -0.1) is 0 Å². The Hall–Kier alpha value is -3.03. The third kappa shape index (κ3) is 3.42. The Balaban J connectivity index is 1.99. The molecular formula is C17H13F3N2O3. The van der Waals surface area contributed by atoms with Gasteiger partial charge in [-0.25, -0.2) is 9.78 Å². The van der Waals surface area contributed by atoms with E-state index in [1.807, 2.05) is 30.3 Å². The molecule has 0 bridgehead atoms. The summed E-state index contributed by atoms with van der Waals surface area (Å²) in [6.07, 6.45) is -3.58. The number of carbonyl (C=O) groups excluding carboxylic acids is 1. The van der Waals surface area contributed by atoms with E-state index in [9.17, 15) is 18.0 Å². The van der Waals surface area contributed by atoms with Crippen LogP contribution in [0.2, 0.25) is 0 Å². The van der Waals surface area contributed by atoms with Crippen LogP contribution in [0.5, 0.6) is 5.75 Å². The van der Waals surface area contributed by atoms with Gasteiger partial charge in [-0.2, -0.15) is 13.2 Å². The third-order valence-electron chi connectivity index (χ3n) is 3.49. The normalized spacial score (nSPS) is 11.5. The first-order valence-electron chi connectivity index (χ1n) is 7.24. The standard InChI is InChI=1S/C17H13F3N2O3/c1-24-15(23)14-13-8-7-12(25-10-11-5-3-2-4-6-11)9-22(13)16(21-14)17(18,19)20/h2-9H,10H2,1H3. The van der Waals surface area contributed by atoms with Crippen LogP contribution >= 0.6 is 0 Å². The zero-order valence-electron chi connectivity index (χ0n) is 13.1. The van der Waals surface area contributed by atoms with E-state index < -0.39 is 23.7 Å². The van der Waals surface area contributed by atoms with Crippen LogP contribution < -0.4 is 4.74 Å². The summed E-state index contributed by atoms with van der Waals surface area (Å²) < 4.78 is 50.4. The molecule has 0 radical (unpaired) electrons. The van der Waals surface area contributed by atoms with Crippen LogP contribution in [0.15, 0.2) is 48.7 Å². The van der Waals surface area contributed by atoms with Gasteiger partial charge in [0.25, 0.3) is 0 Å². The van der Waals surface area contributed by atoms with Gasteiger partial charge < -0.3 is 9.47 Å². The summed E-state index contributed by atoms with van der Waals surface area (Å²) in [4.78, 5) is 15.1. The summed E-state index contributed by atoms with van der Waals surface area (Å²) in [5, 5.41) is 0. The van der Waals surface area contributed by atoms with Gasteiger partial charge in [-0.1, -0.05) is 30.3 Å². The van der Waals surface area contributed by atoms with E-state index >= 15 is 0 Å². The molecule has 2 heterocycles. The van der Waals surface area contributed by atoms with Gasteiger partial charge in [0.05, 0.1) is 18.8 Å². The van der Waals surface area contributed by atoms with Gasteiger partial charge in [0.1, 0.15) is 12.4 Å². The molecule has 2 aromatic heterocycles. The number of hydrogen-bond acceptors (Lipinski definition) is 4. The zero-order valence-corrected chi connectivity index (χ0v) is 13.1. The molecule has 25 heavy (non-hydrogen) atoms. The van der Waals surface area contributed by atoms with Crippen molar-refractivity contribution in [3.8, 4) is 5.75 Å². The average Bonchev–Trinajstić information content (AvgIpc) is 2.99. The fourth-order valence-electron chi connectivity index (χ4n) is 2.34. The van der Waals surface area contributed by atoms with Crippen LogP contribution in [-0.4, -0.2) is 22.5 Å². The molecule has 0 aliphatic carbocycles. The van der Waals surface area contributed by atoms with Crippen molar-refractivity contribution in [3.63, 3.8) is 0 Å². The Labute approximate surface area is 140 Å². The fourth-order valence-corrected chi connectivity index (χ4v) is 2.34. The van der Waals surface area contributed by atoms with E-state index in [1.165, 1.54) is 12.1 Å². The minimum Gasteiger partial charge on any atom is -0.487 e. The minimum absolute atomic E-state index is 0.00811. The summed E-state index contributed by atoms with van der Waals surface area (Å²) in [5.41, 5.74) is 0.468. The van der Waals surface area contributed by atoms with Crippen molar-refractivity contribution in [1.82, 2.24) is 9.38 Å². The first kappa shape index (κ1) is 16.8. The number of esters is 1. The lowest BCUT2D eigenvalue weighted by molar-refractivity contribution is -0.145. The predicted molar refractivity (Wildman–Crippen MR) is 82.3 cm³/mol. The molecule has 0 unspecified atom stereocenters. The number of carbonyl (C=O) groups is 1. The molecular weight excluding hydrogens is 337 g/mol. The predicted octanol–water partition coefficient (Wildman–Crippen LogP) is 3.72. The molecule has 3 aromatic rings. The molecule has 5 nitrogen and oxygen atoms in total. The second-order valence-electron chi connectivity index (χ2n) is 5.17. The van der Waals surface area contributed by atoms with E-state index in [1.54, 1.807) is 0 Å². The van der Waals surface area contributed by atoms with Crippen molar-refractivity contribution in [2.75, 3.05) is 7.11 Å². The molecule has 0 spiro atoms. The SMILES string of the molecule is COC(=O)c1nc(C(F)(F)F)n2cc(OCc3ccccc3)ccc12. The highest BCUT2D eigenvalue weighted by Gasteiger charge is 2.38. The Morgan fingerprint density at radius 2 is 1.88 bits per heavy atom. The molecule has 0 amide bonds. The van der Waals surface area contributed by atoms with Crippen LogP contribution in [0.25, 0.3) is 5.52 Å². The molecule has 0 aliphatic heterocycles. The molecule has 130 valence electrons. The second kappa shape index (κ2) is 6.46. The molecule has 0 atom stereocenters. The van der Waals surface area contributed by atoms with Crippen molar-refractivity contribution in [2.45, 2.75) is 12.8 Å². The molecule has 8 heteroatoms. The van der Waals surface area contributed by atoms with Crippen molar-refractivity contribution in [3.05, 3.63) is 65.7 Å². The Bertz CT molecular complexity index is 905. The number of rotatable bonds is 4. The van der Waals surface area contributed by atoms with E-state index in [0.717, 1.165) is 23.3 Å². The van der Waals surface area contributed by atoms with Crippen molar-refractivity contribution >= 4 is 11.5 Å². The summed E-state index contributed by atoms with van der Waals surface area (Å²) in [6.45, 7) is 0.201. The van der Waals surface area contributed by atoms with E-state index in [2.05, 4.69) is 9.72 Å². The van der Waals surface area contributed by atoms with Crippen LogP contribution in [0, 0.1) is 0 Å². The smallest absolute Gasteiger partial charge is 0.450 e. The Kier molecular flexibility index (Phi) is 4.35. The molecule has 0 saturated carbocycles. The average molecular weight is 350 g/mol. The minimum atomic E-state index is -4.73. The van der Waals surface area contributed by atoms with Crippen LogP contribution in [0.3, 0.4) is 0 Å². The van der Waals surface area contributed by atoms with E-state index in [4.69, 9.17) is 4.74 Å². The Morgan fingerprint density at radius 1 is 1.16 bits per heavy atom. The summed E-state index contributed by atoms with van der Waals surface area (Å²) >= 11 is 0. The fraction of sp³-hybridized carbons (Fsp3) is 0.176. The summed E-state index contributed by atoms with van der Waals surface area (Å²) in [7, 11) is 1.08. The Morgan fingerprint density at radius 3 is 2.52 bits per heavy atom. The topological polar surface area (TPSA) is 52.8 Å². The molecule has 0 saturated heterocycles. The number of nitrogens with zero attached hydrogens (tertiary/aromatic N) is 2. The van der Waals surface area contributed by atoms with Crippen molar-refractivity contribution < 1.29 is 27.4 Å². The highest BCUT2D eigenvalue weighted by molar-refractivity contribution is 5.95. The first-order valence-corrected chi connectivity index (χ1v) is 7.24. The van der Waals surface area contributed by atoms with Crippen LogP contribution in [-0.2, 0) is 17.5 Å². The largest absolute Gasteiger partial charge is 0.487 e. The highest BCUT2D eigenvalue weighted by Crippen LogP contribution is 2.31. The maximum Gasteiger partial charge on any atom is 0.450 e. The van der Waals surface area contributed by atoms with Gasteiger partial charge in [0.2, 0.25) is 5.82 Å². The molecule has 0 N–H and O–H groups in total. The third-order valence-corrected chi connectivity index (χ3v) is 3.49. The number of aromatic nitrogens is 2. The monoisotopic (exact) mass is 350 g/mol.